The Bertz CT molecular complexity index is 1360. The molecule has 0 radical (unpaired) electrons. The molecule has 16 heteroatoms. The normalized spacial score (nSPS) is 13.0. The number of halogens is 5. The van der Waals surface area contributed by atoms with Crippen LogP contribution < -0.4 is 10.1 Å². The van der Waals surface area contributed by atoms with E-state index in [1.54, 1.807) is 6.07 Å². The number of nitriles is 1. The summed E-state index contributed by atoms with van der Waals surface area (Å²) < 4.78 is 85.6. The molecule has 1 unspecified atom stereocenters. The van der Waals surface area contributed by atoms with Gasteiger partial charge in [0, 0.05) is 18.9 Å². The van der Waals surface area contributed by atoms with Gasteiger partial charge in [-0.2, -0.15) is 18.4 Å². The number of carbonyl (C=O) groups excluding carboxylic acids is 2. The van der Waals surface area contributed by atoms with Crippen LogP contribution in [0.1, 0.15) is 43.7 Å². The zero-order valence-electron chi connectivity index (χ0n) is 20.1. The molecule has 2 amide bonds. The summed E-state index contributed by atoms with van der Waals surface area (Å²) in [5.74, 6) is -1.81. The van der Waals surface area contributed by atoms with Gasteiger partial charge in [-0.1, -0.05) is 11.6 Å². The Kier molecular flexibility index (Phi) is 8.53. The summed E-state index contributed by atoms with van der Waals surface area (Å²) in [5, 5.41) is 10.3. The summed E-state index contributed by atoms with van der Waals surface area (Å²) in [6.45, 7) is 4.65. The lowest BCUT2D eigenvalue weighted by molar-refractivity contribution is -0.179. The molecule has 0 aliphatic heterocycles. The molecule has 0 aliphatic carbocycles. The standard InChI is InChI=1S/C21H22ClF4N5O5S/c1-11(21(24,25)26)31(19(33)36-20(2,3)4)29-37(34,35)15-10-30(5)17(16(15)22)18(32)28-13-6-7-14(23)12(8-13)9-27/h6-8,10-11,29H,1-5H3,(H,28,32). The summed E-state index contributed by atoms with van der Waals surface area (Å²) >= 11 is 6.13. The minimum atomic E-state index is -5.04. The number of anilines is 1. The number of alkyl halides is 3. The maximum atomic E-state index is 13.5. The monoisotopic (exact) mass is 567 g/mol. The van der Waals surface area contributed by atoms with Gasteiger partial charge in [0.05, 0.1) is 10.6 Å². The van der Waals surface area contributed by atoms with Crippen LogP contribution in [0.3, 0.4) is 0 Å². The van der Waals surface area contributed by atoms with Gasteiger partial charge in [0.15, 0.2) is 0 Å². The first-order valence-corrected chi connectivity index (χ1v) is 12.1. The van der Waals surface area contributed by atoms with Crippen LogP contribution in [-0.4, -0.2) is 47.8 Å². The maximum Gasteiger partial charge on any atom is 0.426 e. The van der Waals surface area contributed by atoms with Crippen molar-refractivity contribution in [3.63, 3.8) is 0 Å². The molecule has 1 heterocycles. The van der Waals surface area contributed by atoms with Crippen LogP contribution in [0.4, 0.5) is 28.0 Å². The number of nitrogens with zero attached hydrogens (tertiary/aromatic N) is 3. The largest absolute Gasteiger partial charge is 0.443 e. The van der Waals surface area contributed by atoms with E-state index in [4.69, 9.17) is 21.6 Å². The van der Waals surface area contributed by atoms with Gasteiger partial charge in [-0.05, 0) is 45.9 Å². The first-order valence-electron chi connectivity index (χ1n) is 10.3. The number of aromatic nitrogens is 1. The minimum Gasteiger partial charge on any atom is -0.443 e. The number of sulfonamides is 1. The third kappa shape index (κ3) is 7.12. The van der Waals surface area contributed by atoms with Crippen molar-refractivity contribution < 1.29 is 40.3 Å². The molecule has 0 saturated heterocycles. The average Bonchev–Trinajstić information content (AvgIpc) is 3.05. The molecule has 2 rings (SSSR count). The summed E-state index contributed by atoms with van der Waals surface area (Å²) in [5.41, 5.74) is -2.08. The van der Waals surface area contributed by atoms with Gasteiger partial charge in [-0.3, -0.25) is 4.79 Å². The number of rotatable bonds is 6. The van der Waals surface area contributed by atoms with Crippen LogP contribution in [-0.2, 0) is 21.8 Å². The van der Waals surface area contributed by atoms with Gasteiger partial charge in [0.25, 0.3) is 15.9 Å². The molecular formula is C21H22ClF4N5O5S. The van der Waals surface area contributed by atoms with Crippen molar-refractivity contribution in [2.45, 2.75) is 50.4 Å². The van der Waals surface area contributed by atoms with Gasteiger partial charge < -0.3 is 14.6 Å². The van der Waals surface area contributed by atoms with Crippen LogP contribution in [0, 0.1) is 17.1 Å². The molecule has 2 N–H and O–H groups in total. The quantitative estimate of drug-likeness (QED) is 0.394. The van der Waals surface area contributed by atoms with E-state index in [0.717, 1.165) is 29.0 Å². The molecule has 2 aromatic rings. The topological polar surface area (TPSA) is 134 Å². The maximum absolute atomic E-state index is 13.5. The van der Waals surface area contributed by atoms with E-state index in [0.29, 0.717) is 6.92 Å². The fraction of sp³-hybridized carbons (Fsp3) is 0.381. The van der Waals surface area contributed by atoms with Crippen LogP contribution in [0.15, 0.2) is 29.3 Å². The number of hydrogen-bond acceptors (Lipinski definition) is 6. The molecule has 0 saturated carbocycles. The summed E-state index contributed by atoms with van der Waals surface area (Å²) in [4.78, 5) is 25.9. The lowest BCUT2D eigenvalue weighted by atomic mass is 10.2. The van der Waals surface area contributed by atoms with Gasteiger partial charge in [-0.25, -0.2) is 22.6 Å². The zero-order chi connectivity index (χ0) is 28.5. The van der Waals surface area contributed by atoms with Crippen molar-refractivity contribution >= 4 is 39.3 Å². The van der Waals surface area contributed by atoms with Crippen molar-refractivity contribution in [3.8, 4) is 6.07 Å². The fourth-order valence-corrected chi connectivity index (χ4v) is 4.60. The lowest BCUT2D eigenvalue weighted by Crippen LogP contribution is -2.56. The number of benzene rings is 1. The van der Waals surface area contributed by atoms with E-state index in [1.807, 2.05) is 0 Å². The van der Waals surface area contributed by atoms with Crippen LogP contribution in [0.5, 0.6) is 0 Å². The highest BCUT2D eigenvalue weighted by Gasteiger charge is 2.46. The van der Waals surface area contributed by atoms with E-state index in [2.05, 4.69) is 5.32 Å². The molecule has 0 fully saturated rings. The molecule has 1 atom stereocenters. The number of hydrazine groups is 1. The molecule has 0 aliphatic rings. The van der Waals surface area contributed by atoms with E-state index in [9.17, 15) is 35.6 Å². The molecule has 37 heavy (non-hydrogen) atoms. The first-order chi connectivity index (χ1) is 16.8. The van der Waals surface area contributed by atoms with Gasteiger partial charge in [0.2, 0.25) is 0 Å². The fourth-order valence-electron chi connectivity index (χ4n) is 2.81. The summed E-state index contributed by atoms with van der Waals surface area (Å²) in [6.07, 6.45) is -5.82. The van der Waals surface area contributed by atoms with Crippen molar-refractivity contribution in [1.29, 1.82) is 5.26 Å². The van der Waals surface area contributed by atoms with E-state index in [1.165, 1.54) is 32.6 Å². The van der Waals surface area contributed by atoms with Crippen molar-refractivity contribution in [2.75, 3.05) is 5.32 Å². The minimum absolute atomic E-state index is 0.0159. The lowest BCUT2D eigenvalue weighted by Gasteiger charge is -2.32. The SMILES string of the molecule is CC(N(NS(=O)(=O)c1cn(C)c(C(=O)Nc2ccc(F)c(C#N)c2)c1Cl)C(=O)OC(C)(C)C)C(F)(F)F. The predicted octanol–water partition coefficient (Wildman–Crippen LogP) is 4.32. The average molecular weight is 568 g/mol. The second-order valence-electron chi connectivity index (χ2n) is 8.69. The number of hydrogen-bond donors (Lipinski definition) is 2. The van der Waals surface area contributed by atoms with Crippen molar-refractivity contribution in [2.24, 2.45) is 7.05 Å². The number of aryl methyl sites for hydroxylation is 1. The molecule has 0 bridgehead atoms. The number of carbonyl (C=O) groups is 2. The molecule has 10 nitrogen and oxygen atoms in total. The van der Waals surface area contributed by atoms with E-state index in [-0.39, 0.29) is 16.3 Å². The Balaban J connectivity index is 2.44. The highest BCUT2D eigenvalue weighted by molar-refractivity contribution is 7.89. The second kappa shape index (κ2) is 10.6. The molecule has 1 aromatic heterocycles. The summed E-state index contributed by atoms with van der Waals surface area (Å²) in [6, 6.07) is 2.04. The molecular weight excluding hydrogens is 546 g/mol. The third-order valence-corrected chi connectivity index (χ3v) is 6.43. The first kappa shape index (κ1) is 29.9. The van der Waals surface area contributed by atoms with E-state index < -0.39 is 61.3 Å². The molecule has 0 spiro atoms. The van der Waals surface area contributed by atoms with E-state index >= 15 is 0 Å². The molecule has 1 aromatic carbocycles. The number of nitrogens with one attached hydrogen (secondary N) is 2. The Morgan fingerprint density at radius 3 is 2.35 bits per heavy atom. The van der Waals surface area contributed by atoms with Gasteiger partial charge in [0.1, 0.15) is 34.1 Å². The van der Waals surface area contributed by atoms with Crippen molar-refractivity contribution in [3.05, 3.63) is 46.5 Å². The highest BCUT2D eigenvalue weighted by Crippen LogP contribution is 2.30. The number of ether oxygens (including phenoxy) is 1. The second-order valence-corrected chi connectivity index (χ2v) is 10.7. The van der Waals surface area contributed by atoms with Gasteiger partial charge in [-0.15, -0.1) is 4.83 Å². The Morgan fingerprint density at radius 1 is 1.24 bits per heavy atom. The Hall–Kier alpha value is -3.35. The van der Waals surface area contributed by atoms with Crippen LogP contribution in [0.25, 0.3) is 0 Å². The van der Waals surface area contributed by atoms with Crippen LogP contribution >= 0.6 is 11.6 Å². The van der Waals surface area contributed by atoms with Crippen molar-refractivity contribution in [1.82, 2.24) is 14.4 Å². The smallest absolute Gasteiger partial charge is 0.426 e. The molecule has 202 valence electrons. The van der Waals surface area contributed by atoms with Gasteiger partial charge >= 0.3 is 12.3 Å². The van der Waals surface area contributed by atoms with Crippen LogP contribution in [0.2, 0.25) is 5.02 Å². The predicted molar refractivity (Wildman–Crippen MR) is 123 cm³/mol. The number of amides is 2. The summed E-state index contributed by atoms with van der Waals surface area (Å²) in [7, 11) is -3.74. The Morgan fingerprint density at radius 2 is 1.84 bits per heavy atom. The zero-order valence-corrected chi connectivity index (χ0v) is 21.6. The third-order valence-electron chi connectivity index (χ3n) is 4.61. The highest BCUT2D eigenvalue weighted by atomic mass is 35.5. The Labute approximate surface area is 214 Å².